The topological polar surface area (TPSA) is 49.4 Å². The van der Waals surface area contributed by atoms with Crippen LogP contribution >= 0.6 is 0 Å². The molecule has 0 aromatic heterocycles. The first-order valence-electron chi connectivity index (χ1n) is 9.98. The summed E-state index contributed by atoms with van der Waals surface area (Å²) in [5.41, 5.74) is -0.218. The predicted molar refractivity (Wildman–Crippen MR) is 99.2 cm³/mol. The van der Waals surface area contributed by atoms with Crippen molar-refractivity contribution in [2.75, 3.05) is 6.54 Å². The Kier molecular flexibility index (Phi) is 6.01. The van der Waals surface area contributed by atoms with Crippen LogP contribution in [-0.2, 0) is 15.8 Å². The lowest BCUT2D eigenvalue weighted by Crippen LogP contribution is -2.48. The van der Waals surface area contributed by atoms with Gasteiger partial charge in [0.15, 0.2) is 0 Å². The van der Waals surface area contributed by atoms with E-state index in [1.807, 2.05) is 13.8 Å². The average Bonchev–Trinajstić information content (AvgIpc) is 3.51. The number of rotatable bonds is 5. The Morgan fingerprint density at radius 3 is 2.46 bits per heavy atom. The molecule has 3 atom stereocenters. The van der Waals surface area contributed by atoms with Gasteiger partial charge in [0.2, 0.25) is 11.8 Å². The number of nitrogens with one attached hydrogen (secondary N) is 1. The summed E-state index contributed by atoms with van der Waals surface area (Å²) in [5, 5.41) is 2.96. The van der Waals surface area contributed by atoms with Gasteiger partial charge in [-0.25, -0.2) is 0 Å². The van der Waals surface area contributed by atoms with Crippen LogP contribution in [0.15, 0.2) is 24.3 Å². The Hall–Kier alpha value is -2.05. The van der Waals surface area contributed by atoms with E-state index in [0.717, 1.165) is 31.4 Å². The summed E-state index contributed by atoms with van der Waals surface area (Å²) in [6, 6.07) is 4.86. The molecule has 1 aliphatic carbocycles. The van der Waals surface area contributed by atoms with Gasteiger partial charge in [-0.3, -0.25) is 9.59 Å². The minimum absolute atomic E-state index is 0.0385. The predicted octanol–water partition coefficient (Wildman–Crippen LogP) is 4.31. The van der Waals surface area contributed by atoms with E-state index >= 15 is 0 Å². The Morgan fingerprint density at radius 1 is 1.18 bits per heavy atom. The summed E-state index contributed by atoms with van der Waals surface area (Å²) in [5.74, 6) is -0.489. The third kappa shape index (κ3) is 4.67. The molecule has 2 fully saturated rings. The first-order valence-corrected chi connectivity index (χ1v) is 9.98. The Balaban J connectivity index is 1.81. The summed E-state index contributed by atoms with van der Waals surface area (Å²) in [7, 11) is 0. The lowest BCUT2D eigenvalue weighted by Gasteiger charge is -2.40. The summed E-state index contributed by atoms with van der Waals surface area (Å²) < 4.78 is 39.4. The molecule has 28 heavy (non-hydrogen) atoms. The van der Waals surface area contributed by atoms with Gasteiger partial charge in [0, 0.05) is 18.5 Å². The van der Waals surface area contributed by atoms with Crippen LogP contribution in [0.4, 0.5) is 13.2 Å². The minimum atomic E-state index is -4.42. The Bertz CT molecular complexity index is 731. The molecular weight excluding hydrogens is 369 g/mol. The van der Waals surface area contributed by atoms with E-state index in [0.29, 0.717) is 18.4 Å². The number of nitrogens with zero attached hydrogens (tertiary/aromatic N) is 1. The first kappa shape index (κ1) is 20.7. The van der Waals surface area contributed by atoms with Crippen molar-refractivity contribution >= 4 is 11.8 Å². The second-order valence-electron chi connectivity index (χ2n) is 8.00. The van der Waals surface area contributed by atoms with E-state index < -0.39 is 17.8 Å². The maximum absolute atomic E-state index is 13.1. The van der Waals surface area contributed by atoms with Gasteiger partial charge in [-0.2, -0.15) is 13.2 Å². The van der Waals surface area contributed by atoms with Gasteiger partial charge in [-0.1, -0.05) is 19.1 Å². The van der Waals surface area contributed by atoms with E-state index in [4.69, 9.17) is 0 Å². The van der Waals surface area contributed by atoms with E-state index in [1.54, 1.807) is 11.0 Å². The molecule has 7 heteroatoms. The number of alkyl halides is 3. The average molecular weight is 396 g/mol. The van der Waals surface area contributed by atoms with E-state index in [-0.39, 0.29) is 36.2 Å². The van der Waals surface area contributed by atoms with Gasteiger partial charge in [-0.15, -0.1) is 0 Å². The molecule has 1 N–H and O–H groups in total. The molecule has 1 aromatic rings. The molecule has 1 aliphatic heterocycles. The Morgan fingerprint density at radius 2 is 1.86 bits per heavy atom. The number of likely N-dealkylation sites (tertiary alicyclic amines) is 1. The molecule has 0 bridgehead atoms. The van der Waals surface area contributed by atoms with Gasteiger partial charge in [0.25, 0.3) is 0 Å². The molecule has 1 aromatic carbocycles. The lowest BCUT2D eigenvalue weighted by molar-refractivity contribution is -0.140. The number of piperidine rings is 1. The highest BCUT2D eigenvalue weighted by molar-refractivity contribution is 5.84. The maximum atomic E-state index is 13.1. The van der Waals surface area contributed by atoms with Gasteiger partial charge < -0.3 is 10.2 Å². The van der Waals surface area contributed by atoms with Crippen molar-refractivity contribution in [3.8, 4) is 0 Å². The van der Waals surface area contributed by atoms with Crippen LogP contribution in [0.3, 0.4) is 0 Å². The molecule has 1 saturated heterocycles. The second kappa shape index (κ2) is 8.13. The van der Waals surface area contributed by atoms with Gasteiger partial charge in [-0.05, 0) is 56.7 Å². The van der Waals surface area contributed by atoms with Crippen molar-refractivity contribution in [1.29, 1.82) is 0 Å². The van der Waals surface area contributed by atoms with Crippen molar-refractivity contribution in [2.45, 2.75) is 64.2 Å². The zero-order valence-electron chi connectivity index (χ0n) is 16.3. The lowest BCUT2D eigenvalue weighted by atomic mass is 9.87. The number of hydrogen-bond donors (Lipinski definition) is 1. The fourth-order valence-corrected chi connectivity index (χ4v) is 3.72. The van der Waals surface area contributed by atoms with Crippen LogP contribution in [-0.4, -0.2) is 29.3 Å². The fraction of sp³-hybridized carbons (Fsp3) is 0.619. The quantitative estimate of drug-likeness (QED) is 0.806. The van der Waals surface area contributed by atoms with Crippen LogP contribution in [0, 0.1) is 11.8 Å². The number of halogens is 3. The summed E-state index contributed by atoms with van der Waals surface area (Å²) >= 11 is 0. The normalized spacial score (nSPS) is 24.0. The summed E-state index contributed by atoms with van der Waals surface area (Å²) in [6.07, 6.45) is -0.941. The first-order chi connectivity index (χ1) is 13.2. The number of carbonyl (C=O) groups excluding carboxylic acids is 2. The maximum Gasteiger partial charge on any atom is 0.416 e. The molecule has 2 aliphatic rings. The molecular formula is C21H27F3N2O2. The van der Waals surface area contributed by atoms with Gasteiger partial charge >= 0.3 is 6.18 Å². The van der Waals surface area contributed by atoms with Gasteiger partial charge in [0.05, 0.1) is 17.5 Å². The van der Waals surface area contributed by atoms with Crippen LogP contribution in [0.5, 0.6) is 0 Å². The molecule has 0 radical (unpaired) electrons. The number of hydrogen-bond acceptors (Lipinski definition) is 2. The minimum Gasteiger partial charge on any atom is -0.353 e. The zero-order chi connectivity index (χ0) is 20.5. The SMILES string of the molecule is CC[C@H](C)NC(=O)[C@@H]1CC[C@H](c2cccc(C(F)(F)F)c2)N(C(=O)C2CC2)C1. The third-order valence-corrected chi connectivity index (χ3v) is 5.76. The standard InChI is InChI=1S/C21H27F3N2O2/c1-3-13(2)25-19(27)16-9-10-18(26(12-16)20(28)14-7-8-14)15-5-4-6-17(11-15)21(22,23)24/h4-6,11,13-14,16,18H,3,7-10,12H2,1-2H3,(H,25,27)/t13-,16+,18+/m0/s1. The van der Waals surface area contributed by atoms with Gasteiger partial charge in [0.1, 0.15) is 0 Å². The highest BCUT2D eigenvalue weighted by Crippen LogP contribution is 2.40. The van der Waals surface area contributed by atoms with Crippen molar-refractivity contribution in [3.63, 3.8) is 0 Å². The monoisotopic (exact) mass is 396 g/mol. The van der Waals surface area contributed by atoms with E-state index in [1.165, 1.54) is 6.07 Å². The molecule has 1 heterocycles. The van der Waals surface area contributed by atoms with Crippen molar-refractivity contribution in [2.24, 2.45) is 11.8 Å². The molecule has 1 saturated carbocycles. The van der Waals surface area contributed by atoms with Crippen LogP contribution in [0.25, 0.3) is 0 Å². The van der Waals surface area contributed by atoms with E-state index in [2.05, 4.69) is 5.32 Å². The van der Waals surface area contributed by atoms with Crippen LogP contribution < -0.4 is 5.32 Å². The smallest absolute Gasteiger partial charge is 0.353 e. The summed E-state index contributed by atoms with van der Waals surface area (Å²) in [4.78, 5) is 27.0. The molecule has 3 rings (SSSR count). The van der Waals surface area contributed by atoms with Crippen molar-refractivity contribution in [3.05, 3.63) is 35.4 Å². The summed E-state index contributed by atoms with van der Waals surface area (Å²) in [6.45, 7) is 4.18. The number of carbonyl (C=O) groups is 2. The third-order valence-electron chi connectivity index (χ3n) is 5.76. The van der Waals surface area contributed by atoms with Crippen LogP contribution in [0.1, 0.15) is 63.1 Å². The van der Waals surface area contributed by atoms with E-state index in [9.17, 15) is 22.8 Å². The molecule has 4 nitrogen and oxygen atoms in total. The largest absolute Gasteiger partial charge is 0.416 e. The molecule has 0 unspecified atom stereocenters. The number of amides is 2. The fourth-order valence-electron chi connectivity index (χ4n) is 3.72. The Labute approximate surface area is 163 Å². The van der Waals surface area contributed by atoms with Crippen molar-refractivity contribution in [1.82, 2.24) is 10.2 Å². The molecule has 0 spiro atoms. The van der Waals surface area contributed by atoms with Crippen molar-refractivity contribution < 1.29 is 22.8 Å². The molecule has 2 amide bonds. The van der Waals surface area contributed by atoms with Crippen LogP contribution in [0.2, 0.25) is 0 Å². The molecule has 154 valence electrons. The zero-order valence-corrected chi connectivity index (χ0v) is 16.3. The number of benzene rings is 1. The second-order valence-corrected chi connectivity index (χ2v) is 8.00. The highest BCUT2D eigenvalue weighted by atomic mass is 19.4. The highest BCUT2D eigenvalue weighted by Gasteiger charge is 2.42.